The Balaban J connectivity index is 2.13. The van der Waals surface area contributed by atoms with Crippen LogP contribution in [0.2, 0.25) is 5.02 Å². The minimum absolute atomic E-state index is 0.0997. The fraction of sp³-hybridized carbons (Fsp3) is 0.304. The number of amides is 1. The Hall–Kier alpha value is -3.23. The van der Waals surface area contributed by atoms with Gasteiger partial charge in [-0.15, -0.1) is 0 Å². The summed E-state index contributed by atoms with van der Waals surface area (Å²) in [6.07, 6.45) is 0. The van der Waals surface area contributed by atoms with Gasteiger partial charge in [-0.25, -0.2) is 0 Å². The largest absolute Gasteiger partial charge is 0.507 e. The monoisotopic (exact) mass is 457 g/mol. The van der Waals surface area contributed by atoms with Gasteiger partial charge in [-0.05, 0) is 42.9 Å². The molecule has 1 N–H and O–H groups in total. The van der Waals surface area contributed by atoms with Crippen molar-refractivity contribution in [3.8, 4) is 0 Å². The molecule has 1 amide bonds. The summed E-state index contributed by atoms with van der Waals surface area (Å²) in [7, 11) is 0. The maximum atomic E-state index is 13.0. The maximum Gasteiger partial charge on any atom is 0.295 e. The van der Waals surface area contributed by atoms with Crippen molar-refractivity contribution in [3.05, 3.63) is 80.4 Å². The van der Waals surface area contributed by atoms with Crippen molar-refractivity contribution in [1.29, 1.82) is 0 Å². The summed E-state index contributed by atoms with van der Waals surface area (Å²) in [6, 6.07) is 11.1. The third-order valence-electron chi connectivity index (χ3n) is 5.61. The van der Waals surface area contributed by atoms with Crippen LogP contribution in [0.3, 0.4) is 0 Å². The first-order valence-electron chi connectivity index (χ1n) is 10.3. The Bertz CT molecular complexity index is 1060. The molecule has 1 aliphatic heterocycles. The lowest BCUT2D eigenvalue weighted by molar-refractivity contribution is -0.384. The molecule has 0 spiro atoms. The highest BCUT2D eigenvalue weighted by Gasteiger charge is 2.46. The van der Waals surface area contributed by atoms with Crippen molar-refractivity contribution < 1.29 is 19.6 Å². The average Bonchev–Trinajstić information content (AvgIpc) is 3.04. The lowest BCUT2D eigenvalue weighted by atomic mass is 9.95. The number of hydrogen-bond acceptors (Lipinski definition) is 6. The third kappa shape index (κ3) is 4.66. The van der Waals surface area contributed by atoms with E-state index in [0.29, 0.717) is 22.7 Å². The highest BCUT2D eigenvalue weighted by molar-refractivity contribution is 6.46. The number of carbonyl (C=O) groups is 2. The predicted octanol–water partition coefficient (Wildman–Crippen LogP) is 4.01. The molecular formula is C23H24ClN3O5. The number of hydrogen-bond donors (Lipinski definition) is 1. The number of benzene rings is 2. The van der Waals surface area contributed by atoms with Crippen molar-refractivity contribution in [2.24, 2.45) is 0 Å². The van der Waals surface area contributed by atoms with Crippen molar-refractivity contribution in [2.75, 3.05) is 26.2 Å². The zero-order chi connectivity index (χ0) is 23.4. The number of non-ortho nitro benzene ring substituents is 1. The van der Waals surface area contributed by atoms with Gasteiger partial charge in [0.05, 0.1) is 16.5 Å². The summed E-state index contributed by atoms with van der Waals surface area (Å²) in [5, 5.41) is 22.8. The highest BCUT2D eigenvalue weighted by atomic mass is 35.5. The summed E-state index contributed by atoms with van der Waals surface area (Å²) >= 11 is 5.93. The third-order valence-corrected chi connectivity index (χ3v) is 5.86. The van der Waals surface area contributed by atoms with E-state index in [1.165, 1.54) is 23.1 Å². The lowest BCUT2D eigenvalue weighted by Crippen LogP contribution is -2.38. The van der Waals surface area contributed by atoms with Crippen LogP contribution in [0.5, 0.6) is 0 Å². The van der Waals surface area contributed by atoms with E-state index < -0.39 is 22.7 Å². The number of nitro benzene ring substituents is 1. The van der Waals surface area contributed by atoms with E-state index in [1.807, 2.05) is 13.8 Å². The Morgan fingerprint density at radius 3 is 2.41 bits per heavy atom. The Labute approximate surface area is 190 Å². The van der Waals surface area contributed by atoms with E-state index in [4.69, 9.17) is 11.6 Å². The molecule has 1 heterocycles. The molecule has 1 atom stereocenters. The van der Waals surface area contributed by atoms with Gasteiger partial charge in [-0.2, -0.15) is 0 Å². The minimum atomic E-state index is -0.943. The van der Waals surface area contributed by atoms with Gasteiger partial charge in [-0.1, -0.05) is 37.6 Å². The van der Waals surface area contributed by atoms with Crippen LogP contribution in [0, 0.1) is 10.1 Å². The number of Topliss-reactive ketones (excluding diaryl/α,β-unsaturated/α-hetero) is 1. The number of likely N-dealkylation sites (tertiary alicyclic amines) is 1. The molecule has 168 valence electrons. The number of aliphatic hydroxyl groups is 1. The molecule has 0 bridgehead atoms. The Morgan fingerprint density at radius 2 is 1.81 bits per heavy atom. The van der Waals surface area contributed by atoms with E-state index in [-0.39, 0.29) is 23.6 Å². The van der Waals surface area contributed by atoms with Gasteiger partial charge in [0.2, 0.25) is 0 Å². The van der Waals surface area contributed by atoms with Gasteiger partial charge >= 0.3 is 0 Å². The number of nitro groups is 1. The van der Waals surface area contributed by atoms with Crippen molar-refractivity contribution in [3.63, 3.8) is 0 Å². The van der Waals surface area contributed by atoms with Gasteiger partial charge in [0, 0.05) is 35.8 Å². The number of rotatable bonds is 8. The van der Waals surface area contributed by atoms with Crippen LogP contribution in [-0.4, -0.2) is 57.7 Å². The van der Waals surface area contributed by atoms with Gasteiger partial charge in [0.15, 0.2) is 0 Å². The minimum Gasteiger partial charge on any atom is -0.507 e. The summed E-state index contributed by atoms with van der Waals surface area (Å²) in [5.74, 6) is -1.92. The molecule has 9 heteroatoms. The van der Waals surface area contributed by atoms with E-state index in [2.05, 4.69) is 4.90 Å². The molecule has 0 radical (unpaired) electrons. The van der Waals surface area contributed by atoms with Crippen LogP contribution in [0.25, 0.3) is 5.76 Å². The summed E-state index contributed by atoms with van der Waals surface area (Å²) in [5.41, 5.74) is 0.445. The first-order valence-corrected chi connectivity index (χ1v) is 10.7. The fourth-order valence-corrected chi connectivity index (χ4v) is 3.94. The predicted molar refractivity (Wildman–Crippen MR) is 121 cm³/mol. The van der Waals surface area contributed by atoms with E-state index in [9.17, 15) is 24.8 Å². The standard InChI is InChI=1S/C23H24ClN3O5/c1-3-25(4-2)12-13-26-20(16-6-5-7-18(14-16)27(31)32)19(22(29)23(26)30)21(28)15-8-10-17(24)11-9-15/h5-11,14,20,28H,3-4,12-13H2,1-2H3/t20-/m1/s1. The number of aliphatic hydroxyl groups excluding tert-OH is 1. The van der Waals surface area contributed by atoms with E-state index in [0.717, 1.165) is 13.1 Å². The molecule has 1 saturated heterocycles. The first kappa shape index (κ1) is 23.4. The van der Waals surface area contributed by atoms with Crippen LogP contribution in [0.1, 0.15) is 31.0 Å². The molecule has 1 aliphatic rings. The zero-order valence-corrected chi connectivity index (χ0v) is 18.6. The summed E-state index contributed by atoms with van der Waals surface area (Å²) in [6.45, 7) is 6.29. The number of halogens is 1. The van der Waals surface area contributed by atoms with E-state index >= 15 is 0 Å². The van der Waals surface area contributed by atoms with Crippen LogP contribution < -0.4 is 0 Å². The van der Waals surface area contributed by atoms with Crippen LogP contribution in [0.4, 0.5) is 5.69 Å². The van der Waals surface area contributed by atoms with Gasteiger partial charge in [-0.3, -0.25) is 19.7 Å². The summed E-state index contributed by atoms with van der Waals surface area (Å²) in [4.78, 5) is 40.2. The Kier molecular flexibility index (Phi) is 7.27. The fourth-order valence-electron chi connectivity index (χ4n) is 3.82. The quantitative estimate of drug-likeness (QED) is 0.211. The second-order valence-electron chi connectivity index (χ2n) is 7.38. The first-order chi connectivity index (χ1) is 15.3. The smallest absolute Gasteiger partial charge is 0.295 e. The van der Waals surface area contributed by atoms with Crippen LogP contribution >= 0.6 is 11.6 Å². The number of carbonyl (C=O) groups excluding carboxylic acids is 2. The topological polar surface area (TPSA) is 104 Å². The number of ketones is 1. The van der Waals surface area contributed by atoms with Crippen LogP contribution in [0.15, 0.2) is 54.1 Å². The SMILES string of the molecule is CCN(CC)CCN1C(=O)C(=O)C(=C(O)c2ccc(Cl)cc2)[C@H]1c1cccc([N+](=O)[O-])c1. The second-order valence-corrected chi connectivity index (χ2v) is 7.81. The summed E-state index contributed by atoms with van der Waals surface area (Å²) < 4.78 is 0. The average molecular weight is 458 g/mol. The maximum absolute atomic E-state index is 13.0. The molecule has 8 nitrogen and oxygen atoms in total. The lowest BCUT2D eigenvalue weighted by Gasteiger charge is -2.28. The van der Waals surface area contributed by atoms with Gasteiger partial charge < -0.3 is 14.9 Å². The molecule has 1 fully saturated rings. The molecule has 3 rings (SSSR count). The highest BCUT2D eigenvalue weighted by Crippen LogP contribution is 2.40. The van der Waals surface area contributed by atoms with Gasteiger partial charge in [0.1, 0.15) is 5.76 Å². The molecular weight excluding hydrogens is 434 g/mol. The molecule has 0 saturated carbocycles. The number of nitrogens with zero attached hydrogens (tertiary/aromatic N) is 3. The molecule has 32 heavy (non-hydrogen) atoms. The van der Waals surface area contributed by atoms with E-state index in [1.54, 1.807) is 30.3 Å². The molecule has 2 aromatic carbocycles. The second kappa shape index (κ2) is 9.93. The van der Waals surface area contributed by atoms with Gasteiger partial charge in [0.25, 0.3) is 17.4 Å². The van der Waals surface area contributed by atoms with Crippen molar-refractivity contribution in [2.45, 2.75) is 19.9 Å². The normalized spacial score (nSPS) is 17.9. The molecule has 2 aromatic rings. The molecule has 0 unspecified atom stereocenters. The zero-order valence-electron chi connectivity index (χ0n) is 17.8. The van der Waals surface area contributed by atoms with Crippen molar-refractivity contribution >= 4 is 34.7 Å². The van der Waals surface area contributed by atoms with Crippen LogP contribution in [-0.2, 0) is 9.59 Å². The Morgan fingerprint density at radius 1 is 1.16 bits per heavy atom. The van der Waals surface area contributed by atoms with Crippen molar-refractivity contribution in [1.82, 2.24) is 9.80 Å². The molecule has 0 aliphatic carbocycles. The number of likely N-dealkylation sites (N-methyl/N-ethyl adjacent to an activating group) is 1. The molecule has 0 aromatic heterocycles.